The van der Waals surface area contributed by atoms with Crippen molar-refractivity contribution in [3.05, 3.63) is 64.7 Å². The summed E-state index contributed by atoms with van der Waals surface area (Å²) in [4.78, 5) is 0. The predicted molar refractivity (Wildman–Crippen MR) is 125 cm³/mol. The second kappa shape index (κ2) is 8.34. The molecule has 0 amide bonds. The molecule has 0 spiro atoms. The van der Waals surface area contributed by atoms with Crippen LogP contribution >= 0.6 is 0 Å². The fourth-order valence-corrected chi connectivity index (χ4v) is 7.35. The average molecular weight is 414 g/mol. The zero-order valence-electron chi connectivity index (χ0n) is 19.1. The van der Waals surface area contributed by atoms with E-state index < -0.39 is 0 Å². The summed E-state index contributed by atoms with van der Waals surface area (Å²) < 4.78 is 6.31. The molecule has 2 saturated carbocycles. The first-order chi connectivity index (χ1) is 15.1. The van der Waals surface area contributed by atoms with Crippen LogP contribution in [-0.4, -0.2) is 0 Å². The van der Waals surface area contributed by atoms with Crippen LogP contribution in [0.5, 0.6) is 5.75 Å². The fourth-order valence-electron chi connectivity index (χ4n) is 7.35. The van der Waals surface area contributed by atoms with E-state index in [1.54, 1.807) is 5.56 Å². The van der Waals surface area contributed by atoms with Crippen molar-refractivity contribution in [1.82, 2.24) is 0 Å². The summed E-state index contributed by atoms with van der Waals surface area (Å²) in [6.07, 6.45) is 9.43. The Morgan fingerprint density at radius 1 is 1.10 bits per heavy atom. The molecule has 5 rings (SSSR count). The first-order valence-corrected chi connectivity index (χ1v) is 12.3. The van der Waals surface area contributed by atoms with Crippen LogP contribution in [-0.2, 0) is 19.4 Å². The Morgan fingerprint density at radius 3 is 2.71 bits per heavy atom. The monoisotopic (exact) mass is 413 g/mol. The molecule has 5 atom stereocenters. The molecule has 3 aliphatic carbocycles. The van der Waals surface area contributed by atoms with Crippen LogP contribution in [0, 0.1) is 34.5 Å². The van der Waals surface area contributed by atoms with E-state index in [0.29, 0.717) is 23.9 Å². The summed E-state index contributed by atoms with van der Waals surface area (Å²) in [5.41, 5.74) is 6.11. The largest absolute Gasteiger partial charge is 0.489 e. The third-order valence-corrected chi connectivity index (χ3v) is 9.06. The SMILES string of the molecule is CCc1cc2c(cc1OCc1ccccc1)CC[C@@H]1[C@@H]2CC[C@]2(C)[C@@H](CC#N)CC[C@@H]12. The van der Waals surface area contributed by atoms with Gasteiger partial charge >= 0.3 is 0 Å². The molecule has 0 saturated heterocycles. The van der Waals surface area contributed by atoms with Gasteiger partial charge in [0.25, 0.3) is 0 Å². The summed E-state index contributed by atoms with van der Waals surface area (Å²) in [6.45, 7) is 5.40. The highest BCUT2D eigenvalue weighted by Gasteiger charge is 2.54. The van der Waals surface area contributed by atoms with Gasteiger partial charge in [-0.25, -0.2) is 0 Å². The second-order valence-corrected chi connectivity index (χ2v) is 10.4. The van der Waals surface area contributed by atoms with Crippen molar-refractivity contribution in [2.75, 3.05) is 0 Å². The number of hydrogen-bond acceptors (Lipinski definition) is 2. The summed E-state index contributed by atoms with van der Waals surface area (Å²) in [6, 6.07) is 17.8. The van der Waals surface area contributed by atoms with Crippen LogP contribution < -0.4 is 4.74 Å². The lowest BCUT2D eigenvalue weighted by Crippen LogP contribution is -2.42. The van der Waals surface area contributed by atoms with E-state index in [2.05, 4.69) is 62.4 Å². The molecule has 2 aromatic carbocycles. The molecule has 162 valence electrons. The Hall–Kier alpha value is -2.27. The number of benzene rings is 2. The molecular weight excluding hydrogens is 378 g/mol. The number of ether oxygens (including phenoxy) is 1. The molecule has 0 N–H and O–H groups in total. The zero-order valence-corrected chi connectivity index (χ0v) is 19.1. The van der Waals surface area contributed by atoms with E-state index in [-0.39, 0.29) is 0 Å². The first-order valence-electron chi connectivity index (χ1n) is 12.3. The molecule has 2 aromatic rings. The van der Waals surface area contributed by atoms with Gasteiger partial charge < -0.3 is 4.74 Å². The van der Waals surface area contributed by atoms with E-state index in [1.165, 1.54) is 55.2 Å². The van der Waals surface area contributed by atoms with Crippen molar-refractivity contribution in [2.45, 2.75) is 77.7 Å². The molecule has 2 heteroatoms. The van der Waals surface area contributed by atoms with Crippen molar-refractivity contribution in [3.8, 4) is 11.8 Å². The number of rotatable bonds is 5. The van der Waals surface area contributed by atoms with Crippen LogP contribution in [0.15, 0.2) is 42.5 Å². The van der Waals surface area contributed by atoms with Crippen molar-refractivity contribution in [2.24, 2.45) is 23.2 Å². The molecular formula is C29H35NO. The van der Waals surface area contributed by atoms with Gasteiger partial charge in [-0.1, -0.05) is 50.2 Å². The van der Waals surface area contributed by atoms with Crippen molar-refractivity contribution < 1.29 is 4.74 Å². The van der Waals surface area contributed by atoms with Gasteiger partial charge in [0.15, 0.2) is 0 Å². The Balaban J connectivity index is 1.39. The lowest BCUT2D eigenvalue weighted by Gasteiger charge is -2.51. The van der Waals surface area contributed by atoms with Crippen molar-refractivity contribution >= 4 is 0 Å². The van der Waals surface area contributed by atoms with Crippen LogP contribution in [0.2, 0.25) is 0 Å². The number of nitriles is 1. The van der Waals surface area contributed by atoms with E-state index in [1.807, 2.05) is 0 Å². The molecule has 2 fully saturated rings. The van der Waals surface area contributed by atoms with E-state index >= 15 is 0 Å². The highest BCUT2D eigenvalue weighted by atomic mass is 16.5. The number of aryl methyl sites for hydroxylation is 2. The molecule has 0 bridgehead atoms. The van der Waals surface area contributed by atoms with Crippen molar-refractivity contribution in [1.29, 1.82) is 5.26 Å². The second-order valence-electron chi connectivity index (χ2n) is 10.4. The minimum atomic E-state index is 0.390. The Morgan fingerprint density at radius 2 is 1.94 bits per heavy atom. The summed E-state index contributed by atoms with van der Waals surface area (Å²) in [7, 11) is 0. The van der Waals surface area contributed by atoms with Gasteiger partial charge in [-0.2, -0.15) is 5.26 Å². The average Bonchev–Trinajstić information content (AvgIpc) is 3.14. The maximum Gasteiger partial charge on any atom is 0.123 e. The minimum absolute atomic E-state index is 0.390. The lowest BCUT2D eigenvalue weighted by molar-refractivity contribution is 0.0297. The lowest BCUT2D eigenvalue weighted by atomic mass is 9.54. The van der Waals surface area contributed by atoms with Gasteiger partial charge in [0.1, 0.15) is 12.4 Å². The fraction of sp³-hybridized carbons (Fsp3) is 0.552. The van der Waals surface area contributed by atoms with E-state index in [4.69, 9.17) is 4.74 Å². The van der Waals surface area contributed by atoms with Gasteiger partial charge in [-0.15, -0.1) is 0 Å². The van der Waals surface area contributed by atoms with Gasteiger partial charge in [0.2, 0.25) is 0 Å². The molecule has 0 radical (unpaired) electrons. The highest BCUT2D eigenvalue weighted by molar-refractivity contribution is 5.46. The van der Waals surface area contributed by atoms with Crippen LogP contribution in [0.1, 0.15) is 80.5 Å². The number of fused-ring (bicyclic) bond motifs is 5. The maximum atomic E-state index is 9.33. The number of hydrogen-bond donors (Lipinski definition) is 0. The number of nitrogens with zero attached hydrogens (tertiary/aromatic N) is 1. The van der Waals surface area contributed by atoms with Gasteiger partial charge in [-0.05, 0) is 102 Å². The molecule has 0 aromatic heterocycles. The summed E-state index contributed by atoms with van der Waals surface area (Å²) >= 11 is 0. The molecule has 3 aliphatic rings. The minimum Gasteiger partial charge on any atom is -0.489 e. The van der Waals surface area contributed by atoms with Gasteiger partial charge in [0, 0.05) is 6.42 Å². The first kappa shape index (κ1) is 20.6. The predicted octanol–water partition coefficient (Wildman–Crippen LogP) is 7.21. The Bertz CT molecular complexity index is 974. The van der Waals surface area contributed by atoms with Crippen molar-refractivity contribution in [3.63, 3.8) is 0 Å². The summed E-state index contributed by atoms with van der Waals surface area (Å²) in [5.74, 6) is 4.01. The van der Waals surface area contributed by atoms with Crippen LogP contribution in [0.3, 0.4) is 0 Å². The Labute approximate surface area is 187 Å². The molecule has 2 nitrogen and oxygen atoms in total. The topological polar surface area (TPSA) is 33.0 Å². The van der Waals surface area contributed by atoms with Gasteiger partial charge in [0.05, 0.1) is 6.07 Å². The summed E-state index contributed by atoms with van der Waals surface area (Å²) in [5, 5.41) is 9.33. The smallest absolute Gasteiger partial charge is 0.123 e. The quantitative estimate of drug-likeness (QED) is 0.518. The normalized spacial score (nSPS) is 31.3. The third kappa shape index (κ3) is 3.57. The highest BCUT2D eigenvalue weighted by Crippen LogP contribution is 2.63. The molecule has 0 heterocycles. The van der Waals surface area contributed by atoms with E-state index in [0.717, 1.165) is 30.4 Å². The molecule has 31 heavy (non-hydrogen) atoms. The van der Waals surface area contributed by atoms with E-state index in [9.17, 15) is 5.26 Å². The van der Waals surface area contributed by atoms with Gasteiger partial charge in [-0.3, -0.25) is 0 Å². The molecule has 0 aliphatic heterocycles. The Kier molecular flexibility index (Phi) is 5.55. The van der Waals surface area contributed by atoms with Crippen LogP contribution in [0.25, 0.3) is 0 Å². The maximum absolute atomic E-state index is 9.33. The third-order valence-electron chi connectivity index (χ3n) is 9.06. The van der Waals surface area contributed by atoms with Crippen LogP contribution in [0.4, 0.5) is 0 Å². The zero-order chi connectivity index (χ0) is 21.4. The standard InChI is InChI=1S/C29H35NO/c1-3-21-17-26-22(18-28(21)31-19-20-7-5-4-6-8-20)9-11-25-24(26)13-15-29(2)23(14-16-30)10-12-27(25)29/h4-8,17-18,23-25,27H,3,9-15,19H2,1-2H3/t23-,24+,25-,27+,29-/m1/s1. The molecule has 0 unspecified atom stereocenters.